The van der Waals surface area contributed by atoms with Gasteiger partial charge in [0.2, 0.25) is 0 Å². The molecule has 2 N–H and O–H groups in total. The van der Waals surface area contributed by atoms with Gasteiger partial charge in [-0.15, -0.1) is 0 Å². The smallest absolute Gasteiger partial charge is 0.414 e. The summed E-state index contributed by atoms with van der Waals surface area (Å²) < 4.78 is 15.5. The molecule has 36 heavy (non-hydrogen) atoms. The minimum atomic E-state index is -0.427. The van der Waals surface area contributed by atoms with Crippen LogP contribution in [-0.2, 0) is 14.3 Å². The Morgan fingerprint density at radius 3 is 2.47 bits per heavy atom. The van der Waals surface area contributed by atoms with Crippen LogP contribution < -0.4 is 10.2 Å². The number of rotatable bonds is 9. The lowest BCUT2D eigenvalue weighted by molar-refractivity contribution is -0.143. The first-order chi connectivity index (χ1) is 17.4. The highest BCUT2D eigenvalue weighted by Crippen LogP contribution is 2.23. The largest absolute Gasteiger partial charge is 0.472 e. The van der Waals surface area contributed by atoms with Gasteiger partial charge < -0.3 is 24.1 Å². The van der Waals surface area contributed by atoms with Crippen molar-refractivity contribution in [3.8, 4) is 0 Å². The van der Waals surface area contributed by atoms with Crippen LogP contribution in [0.15, 0.2) is 47.3 Å². The van der Waals surface area contributed by atoms with Crippen LogP contribution in [0.5, 0.6) is 0 Å². The lowest BCUT2D eigenvalue weighted by atomic mass is 10.1. The number of piperazine rings is 1. The van der Waals surface area contributed by atoms with Crippen molar-refractivity contribution in [2.75, 3.05) is 57.3 Å². The summed E-state index contributed by atoms with van der Waals surface area (Å²) in [5.41, 5.74) is 1.52. The van der Waals surface area contributed by atoms with Gasteiger partial charge in [-0.25, -0.2) is 4.79 Å². The van der Waals surface area contributed by atoms with Gasteiger partial charge in [-0.1, -0.05) is 0 Å². The first-order valence-electron chi connectivity index (χ1n) is 12.0. The number of furan rings is 1. The Bertz CT molecular complexity index is 1060. The number of esters is 1. The molecule has 11 nitrogen and oxygen atoms in total. The lowest BCUT2D eigenvalue weighted by Crippen LogP contribution is -2.49. The molecule has 0 spiro atoms. The molecule has 2 aromatic rings. The molecule has 2 aliphatic heterocycles. The zero-order chi connectivity index (χ0) is 25.5. The molecule has 3 heterocycles. The minimum Gasteiger partial charge on any atom is -0.472 e. The second kappa shape index (κ2) is 11.8. The van der Waals surface area contributed by atoms with Gasteiger partial charge in [-0.3, -0.25) is 24.8 Å². The quantitative estimate of drug-likeness (QED) is 0.306. The molecule has 0 bridgehead atoms. The van der Waals surface area contributed by atoms with E-state index in [0.717, 1.165) is 26.2 Å². The summed E-state index contributed by atoms with van der Waals surface area (Å²) in [6, 6.07) is 8.36. The lowest BCUT2D eigenvalue weighted by Gasteiger charge is -2.35. The van der Waals surface area contributed by atoms with Crippen LogP contribution in [-0.4, -0.2) is 92.1 Å². The SMILES string of the molecule is CCOC(=O)CCN1CCN(CC2CN(c3ccc(C(=N)NC(=O)c4ccoc4)cc3)C(=O)O2)CC1. The molecule has 1 aromatic carbocycles. The minimum absolute atomic E-state index is 0.0453. The highest BCUT2D eigenvalue weighted by Gasteiger charge is 2.34. The van der Waals surface area contributed by atoms with E-state index in [1.807, 2.05) is 0 Å². The Morgan fingerprint density at radius 2 is 1.81 bits per heavy atom. The van der Waals surface area contributed by atoms with E-state index in [1.54, 1.807) is 36.1 Å². The number of benzene rings is 1. The van der Waals surface area contributed by atoms with E-state index in [9.17, 15) is 14.4 Å². The summed E-state index contributed by atoms with van der Waals surface area (Å²) >= 11 is 0. The van der Waals surface area contributed by atoms with Crippen molar-refractivity contribution in [3.05, 3.63) is 54.0 Å². The molecule has 192 valence electrons. The number of nitrogens with zero attached hydrogens (tertiary/aromatic N) is 3. The van der Waals surface area contributed by atoms with Crippen LogP contribution in [0, 0.1) is 5.41 Å². The average molecular weight is 498 g/mol. The van der Waals surface area contributed by atoms with Gasteiger partial charge in [-0.05, 0) is 37.3 Å². The molecule has 2 fully saturated rings. The third-order valence-corrected chi connectivity index (χ3v) is 6.23. The number of amides is 2. The predicted octanol–water partition coefficient (Wildman–Crippen LogP) is 1.93. The van der Waals surface area contributed by atoms with Crippen molar-refractivity contribution < 1.29 is 28.3 Å². The van der Waals surface area contributed by atoms with E-state index in [2.05, 4.69) is 15.1 Å². The Kier molecular flexibility index (Phi) is 8.34. The monoisotopic (exact) mass is 497 g/mol. The molecule has 11 heteroatoms. The third-order valence-electron chi connectivity index (χ3n) is 6.23. The number of ether oxygens (including phenoxy) is 2. The summed E-state index contributed by atoms with van der Waals surface area (Å²) in [5.74, 6) is -0.638. The summed E-state index contributed by atoms with van der Waals surface area (Å²) in [6.07, 6.45) is 2.47. The maximum absolute atomic E-state index is 12.5. The summed E-state index contributed by atoms with van der Waals surface area (Å²) in [4.78, 5) is 42.3. The van der Waals surface area contributed by atoms with Gasteiger partial charge in [0.1, 0.15) is 18.2 Å². The number of hydrogen-bond acceptors (Lipinski definition) is 9. The standard InChI is InChI=1S/C25H31N5O6/c1-2-35-22(31)7-9-28-10-12-29(13-11-28)15-21-16-30(25(33)36-21)20-5-3-18(4-6-20)23(26)27-24(32)19-8-14-34-17-19/h3-6,8,14,17,21H,2,7,9-13,15-16H2,1H3,(H2,26,27,32). The molecule has 1 aromatic heterocycles. The van der Waals surface area contributed by atoms with E-state index < -0.39 is 12.0 Å². The summed E-state index contributed by atoms with van der Waals surface area (Å²) in [7, 11) is 0. The molecule has 1 atom stereocenters. The number of nitrogens with one attached hydrogen (secondary N) is 2. The molecule has 2 saturated heterocycles. The molecular weight excluding hydrogens is 466 g/mol. The van der Waals surface area contributed by atoms with Crippen molar-refractivity contribution in [2.24, 2.45) is 0 Å². The van der Waals surface area contributed by atoms with Crippen LogP contribution in [0.3, 0.4) is 0 Å². The molecule has 0 aliphatic carbocycles. The molecule has 2 amide bonds. The normalized spacial score (nSPS) is 18.6. The Labute approximate surface area is 209 Å². The third kappa shape index (κ3) is 6.49. The molecule has 1 unspecified atom stereocenters. The molecule has 0 saturated carbocycles. The van der Waals surface area contributed by atoms with Crippen LogP contribution >= 0.6 is 0 Å². The van der Waals surface area contributed by atoms with Gasteiger partial charge in [0, 0.05) is 50.5 Å². The second-order valence-electron chi connectivity index (χ2n) is 8.70. The van der Waals surface area contributed by atoms with E-state index in [1.165, 1.54) is 18.6 Å². The Hall–Kier alpha value is -3.70. The summed E-state index contributed by atoms with van der Waals surface area (Å²) in [5, 5.41) is 10.7. The van der Waals surface area contributed by atoms with Crippen LogP contribution in [0.4, 0.5) is 10.5 Å². The zero-order valence-electron chi connectivity index (χ0n) is 20.3. The van der Waals surface area contributed by atoms with E-state index >= 15 is 0 Å². The molecule has 0 radical (unpaired) electrons. The molecule has 2 aliphatic rings. The van der Waals surface area contributed by atoms with Crippen LogP contribution in [0.25, 0.3) is 0 Å². The van der Waals surface area contributed by atoms with Crippen molar-refractivity contribution in [1.82, 2.24) is 15.1 Å². The number of cyclic esters (lactones) is 1. The number of anilines is 1. The summed E-state index contributed by atoms with van der Waals surface area (Å²) in [6.45, 7) is 7.40. The van der Waals surface area contributed by atoms with Crippen molar-refractivity contribution in [2.45, 2.75) is 19.4 Å². The molecule has 4 rings (SSSR count). The van der Waals surface area contributed by atoms with Gasteiger partial charge >= 0.3 is 12.1 Å². The fourth-order valence-electron chi connectivity index (χ4n) is 4.25. The van der Waals surface area contributed by atoms with Crippen molar-refractivity contribution >= 4 is 29.5 Å². The van der Waals surface area contributed by atoms with E-state index in [-0.39, 0.29) is 17.9 Å². The Morgan fingerprint density at radius 1 is 1.08 bits per heavy atom. The fraction of sp³-hybridized carbons (Fsp3) is 0.440. The number of carbonyl (C=O) groups excluding carboxylic acids is 3. The van der Waals surface area contributed by atoms with Gasteiger partial charge in [0.15, 0.2) is 0 Å². The second-order valence-corrected chi connectivity index (χ2v) is 8.70. The number of amidine groups is 1. The van der Waals surface area contributed by atoms with Crippen molar-refractivity contribution in [3.63, 3.8) is 0 Å². The maximum Gasteiger partial charge on any atom is 0.414 e. The Balaban J connectivity index is 1.23. The molecular formula is C25H31N5O6. The predicted molar refractivity (Wildman–Crippen MR) is 131 cm³/mol. The topological polar surface area (TPSA) is 128 Å². The average Bonchev–Trinajstić information content (AvgIpc) is 3.54. The van der Waals surface area contributed by atoms with E-state index in [4.69, 9.17) is 19.3 Å². The zero-order valence-corrected chi connectivity index (χ0v) is 20.3. The highest BCUT2D eigenvalue weighted by molar-refractivity contribution is 6.11. The van der Waals surface area contributed by atoms with Gasteiger partial charge in [0.05, 0.1) is 31.4 Å². The maximum atomic E-state index is 12.5. The first-order valence-corrected chi connectivity index (χ1v) is 12.0. The first kappa shape index (κ1) is 25.4. The van der Waals surface area contributed by atoms with Crippen LogP contribution in [0.2, 0.25) is 0 Å². The van der Waals surface area contributed by atoms with Gasteiger partial charge in [-0.2, -0.15) is 0 Å². The number of hydrogen-bond donors (Lipinski definition) is 2. The van der Waals surface area contributed by atoms with E-state index in [0.29, 0.717) is 49.5 Å². The highest BCUT2D eigenvalue weighted by atomic mass is 16.6. The van der Waals surface area contributed by atoms with Crippen LogP contribution in [0.1, 0.15) is 29.3 Å². The number of carbonyl (C=O) groups is 3. The fourth-order valence-corrected chi connectivity index (χ4v) is 4.25. The van der Waals surface area contributed by atoms with Gasteiger partial charge in [0.25, 0.3) is 5.91 Å². The van der Waals surface area contributed by atoms with Crippen molar-refractivity contribution in [1.29, 1.82) is 5.41 Å².